The van der Waals surface area contributed by atoms with E-state index in [4.69, 9.17) is 4.74 Å². The van der Waals surface area contributed by atoms with Gasteiger partial charge < -0.3 is 20.5 Å². The number of hydrogen-bond acceptors (Lipinski definition) is 3. The number of rotatable bonds is 6. The number of carbonyl (C=O) groups is 1. The molecule has 0 unspecified atom stereocenters. The minimum absolute atomic E-state index is 0.334. The maximum Gasteiger partial charge on any atom is 0.319 e. The number of hydrogen-bond donors (Lipinski definition) is 3. The number of carbonyl (C=O) groups excluding carboxylic acids is 1. The van der Waals surface area contributed by atoms with Gasteiger partial charge in [0.15, 0.2) is 0 Å². The predicted molar refractivity (Wildman–Crippen MR) is 104 cm³/mol. The molecule has 2 amide bonds. The number of amides is 2. The van der Waals surface area contributed by atoms with Crippen LogP contribution in [0, 0.1) is 0 Å². The van der Waals surface area contributed by atoms with Crippen LogP contribution in [-0.2, 0) is 0 Å². The first-order valence-electron chi connectivity index (χ1n) is 8.52. The molecule has 0 aromatic heterocycles. The Bertz CT molecular complexity index is 890. The minimum Gasteiger partial charge on any atom is -0.495 e. The van der Waals surface area contributed by atoms with Crippen LogP contribution in [0.2, 0.25) is 0 Å². The second-order valence-electron chi connectivity index (χ2n) is 5.95. The molecule has 0 saturated heterocycles. The number of anilines is 1. The molecule has 134 valence electrons. The molecule has 0 spiro atoms. The lowest BCUT2D eigenvalue weighted by molar-refractivity contribution is 0.169. The topological polar surface area (TPSA) is 70.6 Å². The Morgan fingerprint density at radius 3 is 2.62 bits per heavy atom. The number of methoxy groups -OCH3 is 1. The van der Waals surface area contributed by atoms with Crippen molar-refractivity contribution < 1.29 is 14.6 Å². The number of aliphatic hydroxyl groups excluding tert-OH is 1. The molecule has 0 heterocycles. The van der Waals surface area contributed by atoms with Gasteiger partial charge in [0.2, 0.25) is 0 Å². The Morgan fingerprint density at radius 2 is 1.77 bits per heavy atom. The summed E-state index contributed by atoms with van der Waals surface area (Å²) < 4.78 is 5.21. The summed E-state index contributed by atoms with van der Waals surface area (Å²) >= 11 is 0. The number of urea groups is 1. The average Bonchev–Trinajstić information content (AvgIpc) is 2.68. The highest BCUT2D eigenvalue weighted by atomic mass is 16.5. The molecule has 0 bridgehead atoms. The lowest BCUT2D eigenvalue weighted by Crippen LogP contribution is -2.30. The normalized spacial score (nSPS) is 11.8. The third-order valence-electron chi connectivity index (χ3n) is 4.24. The van der Waals surface area contributed by atoms with Crippen LogP contribution < -0.4 is 15.4 Å². The van der Waals surface area contributed by atoms with Gasteiger partial charge in [-0.25, -0.2) is 4.79 Å². The number of nitrogens with one attached hydrogen (secondary N) is 2. The second kappa shape index (κ2) is 8.36. The van der Waals surface area contributed by atoms with Gasteiger partial charge in [0.05, 0.1) is 18.9 Å². The molecule has 0 aliphatic carbocycles. The monoisotopic (exact) mass is 350 g/mol. The first-order valence-corrected chi connectivity index (χ1v) is 8.52. The highest BCUT2D eigenvalue weighted by molar-refractivity contribution is 5.91. The van der Waals surface area contributed by atoms with Crippen LogP contribution >= 0.6 is 0 Å². The Morgan fingerprint density at radius 1 is 1.04 bits per heavy atom. The molecule has 3 rings (SSSR count). The molecule has 26 heavy (non-hydrogen) atoms. The highest BCUT2D eigenvalue weighted by Gasteiger charge is 2.12. The zero-order chi connectivity index (χ0) is 18.4. The number of aliphatic hydroxyl groups is 1. The summed E-state index contributed by atoms with van der Waals surface area (Å²) in [4.78, 5) is 12.1. The van der Waals surface area contributed by atoms with E-state index >= 15 is 0 Å². The van der Waals surface area contributed by atoms with Gasteiger partial charge in [-0.15, -0.1) is 0 Å². The molecule has 5 nitrogen and oxygen atoms in total. The van der Waals surface area contributed by atoms with Gasteiger partial charge in [0, 0.05) is 6.54 Å². The standard InChI is InChI=1S/C21H22N2O3/c1-26-20-12-5-4-11-18(20)23-21(25)22-14-13-19(24)17-10-6-8-15-7-2-3-9-16(15)17/h2-12,19,24H,13-14H2,1H3,(H2,22,23,25)/t19-/m1/s1. The summed E-state index contributed by atoms with van der Waals surface area (Å²) in [5, 5.41) is 18.1. The van der Waals surface area contributed by atoms with Crippen molar-refractivity contribution >= 4 is 22.5 Å². The highest BCUT2D eigenvalue weighted by Crippen LogP contribution is 2.26. The number of ether oxygens (including phenoxy) is 1. The van der Waals surface area contributed by atoms with Crippen LogP contribution in [0.25, 0.3) is 10.8 Å². The summed E-state index contributed by atoms with van der Waals surface area (Å²) in [7, 11) is 1.55. The summed E-state index contributed by atoms with van der Waals surface area (Å²) in [6, 6.07) is 20.7. The molecule has 0 aliphatic heterocycles. The van der Waals surface area contributed by atoms with Crippen molar-refractivity contribution in [2.45, 2.75) is 12.5 Å². The smallest absolute Gasteiger partial charge is 0.319 e. The third kappa shape index (κ3) is 4.13. The van der Waals surface area contributed by atoms with E-state index in [0.717, 1.165) is 16.3 Å². The fourth-order valence-electron chi connectivity index (χ4n) is 2.93. The molecule has 3 aromatic rings. The zero-order valence-electron chi connectivity index (χ0n) is 14.6. The van der Waals surface area contributed by atoms with E-state index in [-0.39, 0.29) is 6.03 Å². The predicted octanol–water partition coefficient (Wildman–Crippen LogP) is 4.09. The van der Waals surface area contributed by atoms with Crippen LogP contribution in [0.4, 0.5) is 10.5 Å². The summed E-state index contributed by atoms with van der Waals surface area (Å²) in [6.45, 7) is 0.353. The number of fused-ring (bicyclic) bond motifs is 1. The van der Waals surface area contributed by atoms with Gasteiger partial charge in [-0.3, -0.25) is 0 Å². The van der Waals surface area contributed by atoms with Gasteiger partial charge in [0.25, 0.3) is 0 Å². The van der Waals surface area contributed by atoms with Crippen molar-refractivity contribution in [2.24, 2.45) is 0 Å². The molecule has 0 aliphatic rings. The molecular formula is C21H22N2O3. The van der Waals surface area contributed by atoms with E-state index in [1.54, 1.807) is 19.2 Å². The second-order valence-corrected chi connectivity index (χ2v) is 5.95. The van der Waals surface area contributed by atoms with E-state index in [2.05, 4.69) is 10.6 Å². The van der Waals surface area contributed by atoms with E-state index in [0.29, 0.717) is 24.4 Å². The first-order chi connectivity index (χ1) is 12.7. The van der Waals surface area contributed by atoms with Crippen molar-refractivity contribution in [1.29, 1.82) is 0 Å². The van der Waals surface area contributed by atoms with Gasteiger partial charge in [-0.05, 0) is 34.9 Å². The zero-order valence-corrected chi connectivity index (χ0v) is 14.6. The van der Waals surface area contributed by atoms with Crippen molar-refractivity contribution in [3.63, 3.8) is 0 Å². The lowest BCUT2D eigenvalue weighted by Gasteiger charge is -2.15. The Hall–Kier alpha value is -3.05. The Labute approximate surface area is 152 Å². The van der Waals surface area contributed by atoms with Gasteiger partial charge in [-0.1, -0.05) is 54.6 Å². The van der Waals surface area contributed by atoms with Crippen LogP contribution in [0.5, 0.6) is 5.75 Å². The number of para-hydroxylation sites is 2. The molecule has 1 atom stereocenters. The van der Waals surface area contributed by atoms with Crippen molar-refractivity contribution in [2.75, 3.05) is 19.0 Å². The molecule has 3 aromatic carbocycles. The molecule has 0 fully saturated rings. The van der Waals surface area contributed by atoms with E-state index in [1.165, 1.54) is 0 Å². The minimum atomic E-state index is -0.646. The molecule has 3 N–H and O–H groups in total. The lowest BCUT2D eigenvalue weighted by atomic mass is 9.99. The van der Waals surface area contributed by atoms with Crippen LogP contribution in [0.15, 0.2) is 66.7 Å². The fraction of sp³-hybridized carbons (Fsp3) is 0.190. The summed E-state index contributed by atoms with van der Waals surface area (Å²) in [5.74, 6) is 0.596. The third-order valence-corrected chi connectivity index (χ3v) is 4.24. The molecule has 0 saturated carbocycles. The SMILES string of the molecule is COc1ccccc1NC(=O)NCC[C@@H](O)c1cccc2ccccc12. The maximum atomic E-state index is 12.1. The largest absolute Gasteiger partial charge is 0.495 e. The van der Waals surface area contributed by atoms with Crippen LogP contribution in [0.1, 0.15) is 18.1 Å². The van der Waals surface area contributed by atoms with Gasteiger partial charge >= 0.3 is 6.03 Å². The van der Waals surface area contributed by atoms with E-state index in [1.807, 2.05) is 54.6 Å². The fourth-order valence-corrected chi connectivity index (χ4v) is 2.93. The van der Waals surface area contributed by atoms with Crippen LogP contribution in [0.3, 0.4) is 0 Å². The quantitative estimate of drug-likeness (QED) is 0.627. The van der Waals surface area contributed by atoms with Gasteiger partial charge in [-0.2, -0.15) is 0 Å². The van der Waals surface area contributed by atoms with E-state index in [9.17, 15) is 9.90 Å². The molecule has 0 radical (unpaired) electrons. The average molecular weight is 350 g/mol. The van der Waals surface area contributed by atoms with Crippen molar-refractivity contribution in [3.05, 3.63) is 72.3 Å². The summed E-state index contributed by atoms with van der Waals surface area (Å²) in [6.07, 6.45) is -0.222. The maximum absolute atomic E-state index is 12.1. The number of benzene rings is 3. The first kappa shape index (κ1) is 17.8. The summed E-state index contributed by atoms with van der Waals surface area (Å²) in [5.41, 5.74) is 1.47. The Balaban J connectivity index is 1.56. The molecule has 5 heteroatoms. The van der Waals surface area contributed by atoms with Crippen molar-refractivity contribution in [1.82, 2.24) is 5.32 Å². The van der Waals surface area contributed by atoms with E-state index < -0.39 is 6.10 Å². The molecular weight excluding hydrogens is 328 g/mol. The van der Waals surface area contributed by atoms with Crippen LogP contribution in [-0.4, -0.2) is 24.8 Å². The Kier molecular flexibility index (Phi) is 5.71. The van der Waals surface area contributed by atoms with Crippen molar-refractivity contribution in [3.8, 4) is 5.75 Å². The van der Waals surface area contributed by atoms with Gasteiger partial charge in [0.1, 0.15) is 5.75 Å².